The molecule has 3 rings (SSSR count). The van der Waals surface area contributed by atoms with Crippen LogP contribution in [0.2, 0.25) is 0 Å². The van der Waals surface area contributed by atoms with Crippen LogP contribution in [0.15, 0.2) is 36.4 Å². The highest BCUT2D eigenvalue weighted by Gasteiger charge is 2.16. The molecule has 0 spiro atoms. The lowest BCUT2D eigenvalue weighted by Gasteiger charge is -2.08. The number of benzene rings is 2. The molecule has 1 heterocycles. The van der Waals surface area contributed by atoms with Crippen molar-refractivity contribution in [3.63, 3.8) is 0 Å². The predicted molar refractivity (Wildman–Crippen MR) is 102 cm³/mol. The van der Waals surface area contributed by atoms with Gasteiger partial charge in [-0.25, -0.2) is 0 Å². The van der Waals surface area contributed by atoms with Gasteiger partial charge < -0.3 is 14.4 Å². The number of halogens is 2. The molecule has 0 bridgehead atoms. The average molecular weight is 527 g/mol. The third kappa shape index (κ3) is 3.29. The Morgan fingerprint density at radius 3 is 1.86 bits per heavy atom. The number of nitrogens with zero attached hydrogens (tertiary/aromatic N) is 1. The maximum absolute atomic E-state index is 11.2. The van der Waals surface area contributed by atoms with Gasteiger partial charge >= 0.3 is 7.60 Å². The number of aryl methyl sites for hydroxylation is 1. The first-order valence-corrected chi connectivity index (χ1v) is 10.2. The van der Waals surface area contributed by atoms with Gasteiger partial charge in [-0.05, 0) is 81.6 Å². The van der Waals surface area contributed by atoms with Crippen molar-refractivity contribution in [2.24, 2.45) is 0 Å². The van der Waals surface area contributed by atoms with Crippen LogP contribution in [-0.2, 0) is 11.1 Å². The number of hydrogen-bond acceptors (Lipinski definition) is 1. The zero-order chi connectivity index (χ0) is 15.2. The minimum Gasteiger partial charge on any atom is -0.340 e. The van der Waals surface area contributed by atoms with Crippen LogP contribution in [-0.4, -0.2) is 20.5 Å². The molecule has 0 saturated heterocycles. The topological polar surface area (TPSA) is 62.5 Å². The lowest BCUT2D eigenvalue weighted by molar-refractivity contribution is 0.370. The summed E-state index contributed by atoms with van der Waals surface area (Å²) in [6.45, 7) is 0.311. The van der Waals surface area contributed by atoms with Gasteiger partial charge in [0.05, 0.1) is 6.16 Å². The standard InChI is InChI=1S/C14H12I2NO3P/c15-9-1-3-13-11(7-9)12-8-10(16)2-4-14(12)17(13)5-6-21(18,19)20/h1-4,7-8H,5-6H2,(H2,18,19,20). The van der Waals surface area contributed by atoms with E-state index in [1.807, 2.05) is 28.8 Å². The predicted octanol–water partition coefficient (Wildman–Crippen LogP) is 4.18. The molecule has 0 radical (unpaired) electrons. The second-order valence-corrected chi connectivity index (χ2v) is 9.13. The maximum atomic E-state index is 11.2. The molecule has 4 nitrogen and oxygen atoms in total. The number of rotatable bonds is 3. The molecule has 0 saturated carbocycles. The SMILES string of the molecule is O=P(O)(O)CCn1c2ccc(I)cc2c2cc(I)ccc21. The van der Waals surface area contributed by atoms with Crippen molar-refractivity contribution >= 4 is 74.6 Å². The molecule has 0 aliphatic heterocycles. The molecular weight excluding hydrogens is 515 g/mol. The van der Waals surface area contributed by atoms with E-state index >= 15 is 0 Å². The molecule has 0 unspecified atom stereocenters. The fraction of sp³-hybridized carbons (Fsp3) is 0.143. The van der Waals surface area contributed by atoms with Crippen LogP contribution in [0.3, 0.4) is 0 Å². The molecule has 0 aliphatic rings. The summed E-state index contributed by atoms with van der Waals surface area (Å²) < 4.78 is 15.5. The normalized spacial score (nSPS) is 12.4. The van der Waals surface area contributed by atoms with Gasteiger partial charge in [0.1, 0.15) is 0 Å². The van der Waals surface area contributed by atoms with E-state index in [-0.39, 0.29) is 6.16 Å². The molecule has 3 aromatic rings. The van der Waals surface area contributed by atoms with Gasteiger partial charge in [-0.2, -0.15) is 0 Å². The van der Waals surface area contributed by atoms with Gasteiger partial charge in [0.2, 0.25) is 0 Å². The highest BCUT2D eigenvalue weighted by molar-refractivity contribution is 14.1. The van der Waals surface area contributed by atoms with E-state index in [4.69, 9.17) is 9.79 Å². The molecule has 21 heavy (non-hydrogen) atoms. The second kappa shape index (κ2) is 5.81. The van der Waals surface area contributed by atoms with Crippen LogP contribution in [0.5, 0.6) is 0 Å². The average Bonchev–Trinajstić information content (AvgIpc) is 2.68. The van der Waals surface area contributed by atoms with E-state index in [1.165, 1.54) is 0 Å². The van der Waals surface area contributed by atoms with E-state index in [0.717, 1.165) is 28.9 Å². The first-order valence-electron chi connectivity index (χ1n) is 6.27. The Balaban J connectivity index is 2.27. The second-order valence-electron chi connectivity index (χ2n) is 4.86. The minimum absolute atomic E-state index is 0.149. The van der Waals surface area contributed by atoms with Crippen LogP contribution < -0.4 is 0 Å². The molecule has 0 aliphatic carbocycles. The van der Waals surface area contributed by atoms with Crippen LogP contribution >= 0.6 is 52.8 Å². The molecular formula is C14H12I2NO3P. The highest BCUT2D eigenvalue weighted by Crippen LogP contribution is 2.37. The molecule has 2 N–H and O–H groups in total. The fourth-order valence-electron chi connectivity index (χ4n) is 2.52. The zero-order valence-electron chi connectivity index (χ0n) is 10.8. The van der Waals surface area contributed by atoms with Gasteiger partial charge in [-0.15, -0.1) is 0 Å². The molecule has 0 atom stereocenters. The lowest BCUT2D eigenvalue weighted by Crippen LogP contribution is -2.02. The Kier molecular flexibility index (Phi) is 4.35. The Labute approximate surface area is 149 Å². The molecule has 2 aromatic carbocycles. The third-order valence-corrected chi connectivity index (χ3v) is 5.53. The highest BCUT2D eigenvalue weighted by atomic mass is 127. The molecule has 1 aromatic heterocycles. The summed E-state index contributed by atoms with van der Waals surface area (Å²) in [7, 11) is -4.01. The van der Waals surface area contributed by atoms with Crippen LogP contribution in [0, 0.1) is 7.14 Å². The van der Waals surface area contributed by atoms with Gasteiger partial charge in [0.15, 0.2) is 0 Å². The Bertz CT molecular complexity index is 825. The lowest BCUT2D eigenvalue weighted by atomic mass is 10.2. The van der Waals surface area contributed by atoms with E-state index in [9.17, 15) is 4.57 Å². The first kappa shape index (κ1) is 15.7. The smallest absolute Gasteiger partial charge is 0.327 e. The van der Waals surface area contributed by atoms with Gasteiger partial charge in [0.25, 0.3) is 0 Å². The van der Waals surface area contributed by atoms with Crippen LogP contribution in [0.25, 0.3) is 21.8 Å². The third-order valence-electron chi connectivity index (χ3n) is 3.40. The Morgan fingerprint density at radius 1 is 0.952 bits per heavy atom. The van der Waals surface area contributed by atoms with Gasteiger partial charge in [-0.1, -0.05) is 0 Å². The number of fused-ring (bicyclic) bond motifs is 3. The Morgan fingerprint density at radius 2 is 1.43 bits per heavy atom. The summed E-state index contributed by atoms with van der Waals surface area (Å²) in [6.07, 6.45) is -0.149. The summed E-state index contributed by atoms with van der Waals surface area (Å²) in [5, 5.41) is 2.25. The van der Waals surface area contributed by atoms with Crippen LogP contribution in [0.1, 0.15) is 0 Å². The summed E-state index contributed by atoms with van der Waals surface area (Å²) in [4.78, 5) is 18.3. The molecule has 7 heteroatoms. The van der Waals surface area contributed by atoms with Crippen molar-refractivity contribution in [3.8, 4) is 0 Å². The van der Waals surface area contributed by atoms with E-state index in [1.54, 1.807) is 0 Å². The van der Waals surface area contributed by atoms with Gasteiger partial charge in [-0.3, -0.25) is 4.57 Å². The number of aromatic nitrogens is 1. The van der Waals surface area contributed by atoms with Crippen molar-refractivity contribution in [1.82, 2.24) is 4.57 Å². The fourth-order valence-corrected chi connectivity index (χ4v) is 3.96. The zero-order valence-corrected chi connectivity index (χ0v) is 16.0. The van der Waals surface area contributed by atoms with Gasteiger partial charge in [0, 0.05) is 35.5 Å². The molecule has 110 valence electrons. The van der Waals surface area contributed by atoms with Crippen molar-refractivity contribution in [2.75, 3.05) is 6.16 Å². The van der Waals surface area contributed by atoms with Crippen LogP contribution in [0.4, 0.5) is 0 Å². The van der Waals surface area contributed by atoms with Crippen molar-refractivity contribution < 1.29 is 14.4 Å². The van der Waals surface area contributed by atoms with Crippen molar-refractivity contribution in [1.29, 1.82) is 0 Å². The Hall–Kier alpha value is -0.150. The summed E-state index contributed by atoms with van der Waals surface area (Å²) in [5.74, 6) is 0. The first-order chi connectivity index (χ1) is 9.85. The maximum Gasteiger partial charge on any atom is 0.327 e. The number of hydrogen-bond donors (Lipinski definition) is 2. The summed E-state index contributed by atoms with van der Waals surface area (Å²) in [6, 6.07) is 12.3. The summed E-state index contributed by atoms with van der Waals surface area (Å²) in [5.41, 5.74) is 2.03. The monoisotopic (exact) mass is 527 g/mol. The largest absolute Gasteiger partial charge is 0.340 e. The quantitative estimate of drug-likeness (QED) is 0.397. The van der Waals surface area contributed by atoms with Crippen molar-refractivity contribution in [3.05, 3.63) is 43.5 Å². The van der Waals surface area contributed by atoms with Crippen molar-refractivity contribution in [2.45, 2.75) is 6.54 Å². The summed E-state index contributed by atoms with van der Waals surface area (Å²) >= 11 is 4.55. The van der Waals surface area contributed by atoms with E-state index < -0.39 is 7.60 Å². The molecule has 0 fully saturated rings. The molecule has 0 amide bonds. The van der Waals surface area contributed by atoms with E-state index in [2.05, 4.69) is 57.3 Å². The van der Waals surface area contributed by atoms with E-state index in [0.29, 0.717) is 6.54 Å². The minimum atomic E-state index is -4.01.